The zero-order valence-corrected chi connectivity index (χ0v) is 18.6. The summed E-state index contributed by atoms with van der Waals surface area (Å²) < 4.78 is 20.4. The minimum absolute atomic E-state index is 0.0451. The van der Waals surface area contributed by atoms with Crippen LogP contribution in [0.15, 0.2) is 36.4 Å². The summed E-state index contributed by atoms with van der Waals surface area (Å²) in [4.78, 5) is 26.8. The van der Waals surface area contributed by atoms with Crippen molar-refractivity contribution in [2.24, 2.45) is 0 Å². The molecule has 0 unspecified atom stereocenters. The Morgan fingerprint density at radius 2 is 2.09 bits per heavy atom. The Kier molecular flexibility index (Phi) is 7.14. The number of nitrogens with zero attached hydrogens (tertiary/aromatic N) is 2. The van der Waals surface area contributed by atoms with Gasteiger partial charge in [0.05, 0.1) is 12.6 Å². The first kappa shape index (κ1) is 23.1. The second-order valence-corrected chi connectivity index (χ2v) is 8.59. The molecule has 33 heavy (non-hydrogen) atoms. The van der Waals surface area contributed by atoms with E-state index in [-0.39, 0.29) is 18.1 Å². The molecule has 0 bridgehead atoms. The number of ether oxygens (including phenoxy) is 1. The normalized spacial score (nSPS) is 19.8. The molecule has 0 aliphatic carbocycles. The minimum Gasteiger partial charge on any atom is -0.367 e. The summed E-state index contributed by atoms with van der Waals surface area (Å²) in [5.41, 5.74) is 3.40. The highest BCUT2D eigenvalue weighted by atomic mass is 19.1. The lowest BCUT2D eigenvalue weighted by molar-refractivity contribution is -0.132. The molecule has 2 N–H and O–H groups in total. The van der Waals surface area contributed by atoms with E-state index in [1.807, 2.05) is 36.2 Å². The second kappa shape index (κ2) is 10.2. The number of likely N-dealkylation sites (N-methyl/N-ethyl adjacent to an activating group) is 1. The molecular formula is C25H27FN4O3. The summed E-state index contributed by atoms with van der Waals surface area (Å²) in [6.45, 7) is 2.71. The average molecular weight is 451 g/mol. The standard InChI is InChI=1S/C25H27FN4O3/c1-30-14-19-6-4-16(10-21(19)23(31)15-30)17-3-5-18(22(26)11-17)9-20(12-27)29-25(32)24-13-28-7-2-8-33-24/h3-6,10-11,20,24,28H,2,7-9,13-15H2,1H3,(H,29,32)/t20-,24-/m0/s1. The van der Waals surface area contributed by atoms with Gasteiger partial charge in [-0.05, 0) is 54.4 Å². The van der Waals surface area contributed by atoms with Crippen LogP contribution in [0.1, 0.15) is 27.9 Å². The summed E-state index contributed by atoms with van der Waals surface area (Å²) in [6.07, 6.45) is 0.198. The Morgan fingerprint density at radius 1 is 1.30 bits per heavy atom. The second-order valence-electron chi connectivity index (χ2n) is 8.59. The van der Waals surface area contributed by atoms with Crippen molar-refractivity contribution in [1.29, 1.82) is 5.26 Å². The molecule has 0 radical (unpaired) electrons. The predicted molar refractivity (Wildman–Crippen MR) is 121 cm³/mol. The third-order valence-electron chi connectivity index (χ3n) is 5.99. The Balaban J connectivity index is 1.46. The molecule has 0 saturated carbocycles. The van der Waals surface area contributed by atoms with E-state index in [2.05, 4.69) is 10.6 Å². The maximum Gasteiger partial charge on any atom is 0.251 e. The number of benzene rings is 2. The van der Waals surface area contributed by atoms with Crippen LogP contribution in [-0.4, -0.2) is 62.0 Å². The van der Waals surface area contributed by atoms with Gasteiger partial charge in [0.25, 0.3) is 5.91 Å². The molecule has 4 rings (SSSR count). The number of carbonyl (C=O) groups is 2. The van der Waals surface area contributed by atoms with E-state index in [0.717, 1.165) is 24.1 Å². The van der Waals surface area contributed by atoms with Gasteiger partial charge in [-0.1, -0.05) is 24.3 Å². The van der Waals surface area contributed by atoms with Gasteiger partial charge >= 0.3 is 0 Å². The van der Waals surface area contributed by atoms with Crippen LogP contribution in [0, 0.1) is 17.1 Å². The van der Waals surface area contributed by atoms with Crippen LogP contribution < -0.4 is 10.6 Å². The molecule has 1 saturated heterocycles. The molecular weight excluding hydrogens is 423 g/mol. The first-order valence-corrected chi connectivity index (χ1v) is 11.1. The topological polar surface area (TPSA) is 94.5 Å². The van der Waals surface area contributed by atoms with E-state index in [1.165, 1.54) is 6.07 Å². The molecule has 1 amide bonds. The number of nitriles is 1. The Morgan fingerprint density at radius 3 is 2.88 bits per heavy atom. The van der Waals surface area contributed by atoms with Crippen LogP contribution in [0.4, 0.5) is 4.39 Å². The smallest absolute Gasteiger partial charge is 0.251 e. The molecule has 7 nitrogen and oxygen atoms in total. The number of fused-ring (bicyclic) bond motifs is 1. The van der Waals surface area contributed by atoms with Gasteiger partial charge in [-0.15, -0.1) is 0 Å². The van der Waals surface area contributed by atoms with Crippen molar-refractivity contribution in [2.75, 3.05) is 33.3 Å². The predicted octanol–water partition coefficient (Wildman–Crippen LogP) is 2.05. The molecule has 2 atom stereocenters. The third kappa shape index (κ3) is 5.45. The molecule has 1 fully saturated rings. The highest BCUT2D eigenvalue weighted by Gasteiger charge is 2.24. The summed E-state index contributed by atoms with van der Waals surface area (Å²) in [5, 5.41) is 15.3. The number of halogens is 1. The van der Waals surface area contributed by atoms with E-state index in [1.54, 1.807) is 12.1 Å². The number of rotatable bonds is 5. The number of Topliss-reactive ketones (excluding diaryl/α,β-unsaturated/α-hetero) is 1. The van der Waals surface area contributed by atoms with Gasteiger partial charge < -0.3 is 15.4 Å². The quantitative estimate of drug-likeness (QED) is 0.724. The Labute approximate surface area is 192 Å². The van der Waals surface area contributed by atoms with Crippen molar-refractivity contribution < 1.29 is 18.7 Å². The molecule has 8 heteroatoms. The molecule has 172 valence electrons. The number of carbonyl (C=O) groups excluding carboxylic acids is 2. The van der Waals surface area contributed by atoms with Crippen molar-refractivity contribution in [3.63, 3.8) is 0 Å². The van der Waals surface area contributed by atoms with Crippen LogP contribution in [0.5, 0.6) is 0 Å². The summed E-state index contributed by atoms with van der Waals surface area (Å²) in [6, 6.07) is 11.6. The van der Waals surface area contributed by atoms with Gasteiger partial charge in [0.1, 0.15) is 18.0 Å². The fourth-order valence-corrected chi connectivity index (χ4v) is 4.22. The lowest BCUT2D eigenvalue weighted by atomic mass is 9.93. The molecule has 0 aromatic heterocycles. The number of nitrogens with one attached hydrogen (secondary N) is 2. The van der Waals surface area contributed by atoms with Gasteiger partial charge in [-0.3, -0.25) is 14.5 Å². The lowest BCUT2D eigenvalue weighted by Crippen LogP contribution is -2.46. The zero-order chi connectivity index (χ0) is 23.4. The first-order chi connectivity index (χ1) is 15.9. The number of hydrogen-bond acceptors (Lipinski definition) is 6. The SMILES string of the molecule is CN1CC(=O)c2cc(-c3ccc(C[C@@H](C#N)NC(=O)[C@@H]4CNCCCO4)c(F)c3)ccc2C1. The molecule has 2 aromatic rings. The Hall–Kier alpha value is -3.12. The van der Waals surface area contributed by atoms with Crippen LogP contribution in [0.3, 0.4) is 0 Å². The number of amides is 1. The zero-order valence-electron chi connectivity index (χ0n) is 18.6. The lowest BCUT2D eigenvalue weighted by Gasteiger charge is -2.24. The maximum absolute atomic E-state index is 14.9. The summed E-state index contributed by atoms with van der Waals surface area (Å²) in [7, 11) is 1.90. The van der Waals surface area contributed by atoms with Crippen LogP contribution in [0.25, 0.3) is 11.1 Å². The molecule has 2 aliphatic rings. The van der Waals surface area contributed by atoms with Crippen molar-refractivity contribution >= 4 is 11.7 Å². The fraction of sp³-hybridized carbons (Fsp3) is 0.400. The maximum atomic E-state index is 14.9. The number of ketones is 1. The van der Waals surface area contributed by atoms with Crippen LogP contribution in [-0.2, 0) is 22.5 Å². The van der Waals surface area contributed by atoms with E-state index >= 15 is 0 Å². The molecule has 2 aliphatic heterocycles. The van der Waals surface area contributed by atoms with Crippen molar-refractivity contribution in [3.05, 3.63) is 58.9 Å². The first-order valence-electron chi connectivity index (χ1n) is 11.1. The number of hydrogen-bond donors (Lipinski definition) is 2. The Bertz CT molecular complexity index is 1090. The summed E-state index contributed by atoms with van der Waals surface area (Å²) in [5.74, 6) is -0.784. The van der Waals surface area contributed by atoms with Crippen molar-refractivity contribution in [3.8, 4) is 17.2 Å². The van der Waals surface area contributed by atoms with E-state index in [4.69, 9.17) is 4.74 Å². The summed E-state index contributed by atoms with van der Waals surface area (Å²) >= 11 is 0. The van der Waals surface area contributed by atoms with Gasteiger partial charge in [0.15, 0.2) is 5.78 Å². The third-order valence-corrected chi connectivity index (χ3v) is 5.99. The minimum atomic E-state index is -0.872. The molecule has 2 heterocycles. The van der Waals surface area contributed by atoms with Gasteiger partial charge in [-0.25, -0.2) is 4.39 Å². The van der Waals surface area contributed by atoms with Crippen LogP contribution >= 0.6 is 0 Å². The monoisotopic (exact) mass is 450 g/mol. The van der Waals surface area contributed by atoms with Crippen molar-refractivity contribution in [1.82, 2.24) is 15.5 Å². The largest absolute Gasteiger partial charge is 0.367 e. The van der Waals surface area contributed by atoms with E-state index < -0.39 is 18.0 Å². The molecule has 2 aromatic carbocycles. The fourth-order valence-electron chi connectivity index (χ4n) is 4.22. The van der Waals surface area contributed by atoms with Crippen LogP contribution in [0.2, 0.25) is 0 Å². The van der Waals surface area contributed by atoms with E-state index in [9.17, 15) is 19.2 Å². The van der Waals surface area contributed by atoms with Gasteiger partial charge in [-0.2, -0.15) is 5.26 Å². The highest BCUT2D eigenvalue weighted by Crippen LogP contribution is 2.27. The van der Waals surface area contributed by atoms with Gasteiger partial charge in [0.2, 0.25) is 0 Å². The van der Waals surface area contributed by atoms with E-state index in [0.29, 0.717) is 42.9 Å². The van der Waals surface area contributed by atoms with Crippen molar-refractivity contribution in [2.45, 2.75) is 31.5 Å². The highest BCUT2D eigenvalue weighted by molar-refractivity contribution is 6.00. The average Bonchev–Trinajstić information content (AvgIpc) is 3.09. The van der Waals surface area contributed by atoms with Gasteiger partial charge in [0, 0.05) is 31.7 Å². The molecule has 0 spiro atoms.